The lowest BCUT2D eigenvalue weighted by atomic mass is 10.1. The van der Waals surface area contributed by atoms with Crippen LogP contribution in [0.5, 0.6) is 5.88 Å². The topological polar surface area (TPSA) is 99.1 Å². The summed E-state index contributed by atoms with van der Waals surface area (Å²) >= 11 is 0. The number of carbonyl (C=O) groups is 1. The Hall–Kier alpha value is -3.61. The van der Waals surface area contributed by atoms with Crippen LogP contribution in [-0.2, 0) is 4.74 Å². The molecule has 7 nitrogen and oxygen atoms in total. The van der Waals surface area contributed by atoms with Gasteiger partial charge in [-0.2, -0.15) is 0 Å². The smallest absolute Gasteiger partial charge is 0.413 e. The number of hydrogen-bond acceptors (Lipinski definition) is 5. The highest BCUT2D eigenvalue weighted by Gasteiger charge is 2.20. The minimum absolute atomic E-state index is 0.104. The average molecular weight is 376 g/mol. The molecule has 0 aliphatic carbocycles. The van der Waals surface area contributed by atoms with E-state index in [0.29, 0.717) is 22.3 Å². The van der Waals surface area contributed by atoms with E-state index in [0.717, 1.165) is 16.1 Å². The van der Waals surface area contributed by atoms with Gasteiger partial charge in [0.05, 0.1) is 5.36 Å². The summed E-state index contributed by atoms with van der Waals surface area (Å²) in [4.78, 5) is 15.0. The Morgan fingerprint density at radius 1 is 1.18 bits per heavy atom. The second-order valence-corrected chi connectivity index (χ2v) is 7.53. The Morgan fingerprint density at radius 2 is 1.96 bits per heavy atom. The van der Waals surface area contributed by atoms with Gasteiger partial charge < -0.3 is 14.8 Å². The molecule has 2 heterocycles. The Balaban J connectivity index is 1.69. The summed E-state index contributed by atoms with van der Waals surface area (Å²) < 4.78 is 5.28. The minimum Gasteiger partial charge on any atom is -0.494 e. The van der Waals surface area contributed by atoms with E-state index in [2.05, 4.69) is 20.5 Å². The highest BCUT2D eigenvalue weighted by molar-refractivity contribution is 6.07. The summed E-state index contributed by atoms with van der Waals surface area (Å²) in [5.41, 5.74) is 1.64. The van der Waals surface area contributed by atoms with Gasteiger partial charge >= 0.3 is 6.09 Å². The molecule has 7 heteroatoms. The second-order valence-electron chi connectivity index (χ2n) is 7.53. The van der Waals surface area contributed by atoms with E-state index in [9.17, 15) is 9.90 Å². The average Bonchev–Trinajstić information content (AvgIpc) is 3.15. The summed E-state index contributed by atoms with van der Waals surface area (Å²) in [6.07, 6.45) is 1.29. The van der Waals surface area contributed by atoms with Crippen LogP contribution in [0.1, 0.15) is 31.9 Å². The van der Waals surface area contributed by atoms with E-state index in [4.69, 9.17) is 4.74 Å². The Labute approximate surface area is 161 Å². The molecule has 1 aromatic heterocycles. The quantitative estimate of drug-likeness (QED) is 0.608. The SMILES string of the molecule is CC(C)(C)OC(=O)NC1=NN=c2ccc(=Cc3c(O)[nH]c4ccccc34)cc21. The predicted molar refractivity (Wildman–Crippen MR) is 107 cm³/mol. The fraction of sp³-hybridized carbons (Fsp3) is 0.190. The van der Waals surface area contributed by atoms with E-state index < -0.39 is 11.7 Å². The number of fused-ring (bicyclic) bond motifs is 2. The van der Waals surface area contributed by atoms with Gasteiger partial charge in [0.25, 0.3) is 0 Å². The number of aromatic nitrogens is 1. The van der Waals surface area contributed by atoms with Crippen molar-refractivity contribution in [1.29, 1.82) is 0 Å². The molecule has 0 bridgehead atoms. The molecular formula is C21H20N4O3. The molecule has 0 radical (unpaired) electrons. The molecule has 142 valence electrons. The van der Waals surface area contributed by atoms with Crippen molar-refractivity contribution in [3.63, 3.8) is 0 Å². The third kappa shape index (κ3) is 3.46. The van der Waals surface area contributed by atoms with Crippen LogP contribution in [0.3, 0.4) is 0 Å². The molecule has 3 aromatic rings. The molecule has 2 aromatic carbocycles. The lowest BCUT2D eigenvalue weighted by Gasteiger charge is -2.19. The maximum Gasteiger partial charge on any atom is 0.413 e. The monoisotopic (exact) mass is 376 g/mol. The minimum atomic E-state index is -0.605. The first-order chi connectivity index (χ1) is 13.3. The lowest BCUT2D eigenvalue weighted by Crippen LogP contribution is -2.37. The number of rotatable bonds is 1. The van der Waals surface area contributed by atoms with E-state index in [1.165, 1.54) is 0 Å². The molecule has 0 saturated carbocycles. The Bertz CT molecular complexity index is 1230. The summed E-state index contributed by atoms with van der Waals surface area (Å²) in [7, 11) is 0. The fourth-order valence-corrected chi connectivity index (χ4v) is 3.03. The molecule has 0 spiro atoms. The van der Waals surface area contributed by atoms with Gasteiger partial charge in [0.2, 0.25) is 0 Å². The number of carbonyl (C=O) groups excluding carboxylic acids is 1. The molecule has 0 saturated heterocycles. The number of amides is 1. The van der Waals surface area contributed by atoms with Gasteiger partial charge in [0.15, 0.2) is 11.7 Å². The maximum atomic E-state index is 12.1. The van der Waals surface area contributed by atoms with E-state index in [-0.39, 0.29) is 5.88 Å². The number of amidine groups is 1. The van der Waals surface area contributed by atoms with E-state index >= 15 is 0 Å². The van der Waals surface area contributed by atoms with Gasteiger partial charge in [-0.3, -0.25) is 5.32 Å². The molecule has 0 atom stereocenters. The maximum absolute atomic E-state index is 12.1. The van der Waals surface area contributed by atoms with Crippen LogP contribution >= 0.6 is 0 Å². The number of nitrogens with zero attached hydrogens (tertiary/aromatic N) is 2. The van der Waals surface area contributed by atoms with Crippen molar-refractivity contribution in [3.8, 4) is 5.88 Å². The number of nitrogens with one attached hydrogen (secondary N) is 2. The van der Waals surface area contributed by atoms with Gasteiger partial charge in [-0.25, -0.2) is 4.79 Å². The summed E-state index contributed by atoms with van der Waals surface area (Å²) in [5, 5.41) is 23.5. The van der Waals surface area contributed by atoms with Crippen molar-refractivity contribution in [2.45, 2.75) is 26.4 Å². The first kappa shape index (κ1) is 17.8. The summed E-state index contributed by atoms with van der Waals surface area (Å²) in [6.45, 7) is 5.38. The Kier molecular flexibility index (Phi) is 4.15. The molecular weight excluding hydrogens is 356 g/mol. The molecule has 3 N–H and O–H groups in total. The normalized spacial score (nSPS) is 13.8. The van der Waals surface area contributed by atoms with Crippen LogP contribution in [0.2, 0.25) is 0 Å². The largest absolute Gasteiger partial charge is 0.494 e. The molecule has 0 unspecified atom stereocenters. The number of alkyl carbamates (subject to hydrolysis) is 1. The number of H-pyrrole nitrogens is 1. The second kappa shape index (κ2) is 6.53. The number of benzene rings is 2. The van der Waals surface area contributed by atoms with Crippen molar-refractivity contribution in [2.75, 3.05) is 0 Å². The number of para-hydroxylation sites is 1. The molecule has 1 aliphatic heterocycles. The van der Waals surface area contributed by atoms with Crippen molar-refractivity contribution >= 4 is 28.9 Å². The summed E-state index contributed by atoms with van der Waals surface area (Å²) in [5.74, 6) is 0.440. The van der Waals surface area contributed by atoms with E-state index in [1.807, 2.05) is 48.5 Å². The first-order valence-corrected chi connectivity index (χ1v) is 8.88. The standard InChI is InChI=1S/C21H20N4O3/c1-21(2,3)28-20(27)23-18-15-11-12(8-9-17(15)24-25-18)10-14-13-6-4-5-7-16(13)22-19(14)26/h4-11,22,26H,1-3H3,(H,23,25,27). The summed E-state index contributed by atoms with van der Waals surface area (Å²) in [6, 6.07) is 13.2. The van der Waals surface area contributed by atoms with Crippen LogP contribution in [0, 0.1) is 0 Å². The van der Waals surface area contributed by atoms with Gasteiger partial charge in [-0.15, -0.1) is 10.2 Å². The third-order valence-electron chi connectivity index (χ3n) is 4.19. The highest BCUT2D eigenvalue weighted by Crippen LogP contribution is 2.27. The zero-order valence-corrected chi connectivity index (χ0v) is 15.8. The zero-order valence-electron chi connectivity index (χ0n) is 15.8. The van der Waals surface area contributed by atoms with Crippen molar-refractivity contribution in [1.82, 2.24) is 10.3 Å². The van der Waals surface area contributed by atoms with E-state index in [1.54, 1.807) is 20.8 Å². The third-order valence-corrected chi connectivity index (χ3v) is 4.19. The van der Waals surface area contributed by atoms with Crippen LogP contribution in [0.25, 0.3) is 17.0 Å². The number of ether oxygens (including phenoxy) is 1. The van der Waals surface area contributed by atoms with Crippen molar-refractivity contribution < 1.29 is 14.6 Å². The Morgan fingerprint density at radius 3 is 2.75 bits per heavy atom. The van der Waals surface area contributed by atoms with Crippen LogP contribution in [0.15, 0.2) is 52.7 Å². The fourth-order valence-electron chi connectivity index (χ4n) is 3.03. The molecule has 4 rings (SSSR count). The molecule has 1 amide bonds. The first-order valence-electron chi connectivity index (χ1n) is 8.88. The number of aromatic amines is 1. The lowest BCUT2D eigenvalue weighted by molar-refractivity contribution is 0.0563. The van der Waals surface area contributed by atoms with Gasteiger partial charge in [0, 0.05) is 22.0 Å². The van der Waals surface area contributed by atoms with Crippen LogP contribution < -0.4 is 15.9 Å². The van der Waals surface area contributed by atoms with Gasteiger partial charge in [0.1, 0.15) is 5.60 Å². The number of aromatic hydroxyl groups is 1. The van der Waals surface area contributed by atoms with Crippen LogP contribution in [0.4, 0.5) is 4.79 Å². The number of hydrogen-bond donors (Lipinski definition) is 3. The van der Waals surface area contributed by atoms with Crippen molar-refractivity contribution in [2.24, 2.45) is 10.2 Å². The molecule has 28 heavy (non-hydrogen) atoms. The van der Waals surface area contributed by atoms with Crippen molar-refractivity contribution in [3.05, 3.63) is 64.2 Å². The van der Waals surface area contributed by atoms with Gasteiger partial charge in [-0.05, 0) is 50.3 Å². The highest BCUT2D eigenvalue weighted by atomic mass is 16.6. The molecule has 1 aliphatic rings. The van der Waals surface area contributed by atoms with Gasteiger partial charge in [-0.1, -0.05) is 24.3 Å². The predicted octanol–water partition coefficient (Wildman–Crippen LogP) is 2.52. The molecule has 0 fully saturated rings. The van der Waals surface area contributed by atoms with Crippen LogP contribution in [-0.4, -0.2) is 27.6 Å². The zero-order chi connectivity index (χ0) is 19.9.